The van der Waals surface area contributed by atoms with Crippen molar-refractivity contribution in [2.75, 3.05) is 13.2 Å². The van der Waals surface area contributed by atoms with Gasteiger partial charge in [-0.3, -0.25) is 9.59 Å². The van der Waals surface area contributed by atoms with Gasteiger partial charge in [-0.05, 0) is 39.3 Å². The summed E-state index contributed by atoms with van der Waals surface area (Å²) in [5.41, 5.74) is 2.47. The lowest BCUT2D eigenvalue weighted by molar-refractivity contribution is -0.142. The molecule has 1 N–H and O–H groups in total. The first-order valence-electron chi connectivity index (χ1n) is 8.30. The van der Waals surface area contributed by atoms with Crippen molar-refractivity contribution in [2.45, 2.75) is 39.0 Å². The van der Waals surface area contributed by atoms with E-state index < -0.39 is 16.0 Å². The molecule has 2 aromatic rings. The van der Waals surface area contributed by atoms with Crippen LogP contribution in [0.2, 0.25) is 0 Å². The molecule has 8 nitrogen and oxygen atoms in total. The van der Waals surface area contributed by atoms with Crippen LogP contribution in [0.25, 0.3) is 0 Å². The van der Waals surface area contributed by atoms with Gasteiger partial charge in [0.25, 0.3) is 0 Å². The van der Waals surface area contributed by atoms with E-state index in [-0.39, 0.29) is 41.7 Å². The van der Waals surface area contributed by atoms with Crippen molar-refractivity contribution < 1.29 is 27.3 Å². The Balaban J connectivity index is 1.85. The molecule has 0 aliphatic heterocycles. The maximum atomic E-state index is 12.2. The molecule has 9 heteroatoms. The highest BCUT2D eigenvalue weighted by atomic mass is 32.2. The number of nitrogens with one attached hydrogen (secondary N) is 1. The summed E-state index contributed by atoms with van der Waals surface area (Å²) in [4.78, 5) is 23.9. The third kappa shape index (κ3) is 5.24. The zero-order chi connectivity index (χ0) is 20.2. The molecule has 0 aliphatic rings. The van der Waals surface area contributed by atoms with Crippen molar-refractivity contribution in [3.05, 3.63) is 46.3 Å². The fourth-order valence-corrected chi connectivity index (χ4v) is 3.91. The van der Waals surface area contributed by atoms with Gasteiger partial charge in [0.2, 0.25) is 15.8 Å². The molecule has 146 valence electrons. The van der Waals surface area contributed by atoms with Crippen LogP contribution >= 0.6 is 0 Å². The number of Topliss-reactive ketones (excluding diaryl/α,β-unsaturated/α-hetero) is 1. The summed E-state index contributed by atoms with van der Waals surface area (Å²) in [5.74, 6) is -0.808. The minimum absolute atomic E-state index is 0.0408. The molecule has 1 aromatic heterocycles. The molecule has 0 saturated carbocycles. The van der Waals surface area contributed by atoms with Crippen LogP contribution in [0.4, 0.5) is 0 Å². The third-order valence-electron chi connectivity index (χ3n) is 3.92. The van der Waals surface area contributed by atoms with Crippen molar-refractivity contribution in [3.8, 4) is 0 Å². The molecule has 1 heterocycles. The van der Waals surface area contributed by atoms with Crippen LogP contribution in [0, 0.1) is 27.7 Å². The Kier molecular flexibility index (Phi) is 6.50. The summed E-state index contributed by atoms with van der Waals surface area (Å²) < 4.78 is 36.5. The molecule has 0 amide bonds. The highest BCUT2D eigenvalue weighted by molar-refractivity contribution is 7.89. The number of aromatic nitrogens is 1. The standard InChI is InChI=1S/C18H22N2O6S/c1-11-5-6-12(2)15(9-11)16(21)10-25-17(22)7-8-19-27(23,24)18-13(3)20-26-14(18)4/h5-6,9,19H,7-8,10H2,1-4H3. The highest BCUT2D eigenvalue weighted by Crippen LogP contribution is 2.18. The molecule has 0 saturated heterocycles. The minimum Gasteiger partial charge on any atom is -0.457 e. The molecule has 0 spiro atoms. The molecule has 0 radical (unpaired) electrons. The van der Waals surface area contributed by atoms with Gasteiger partial charge in [-0.2, -0.15) is 0 Å². The highest BCUT2D eigenvalue weighted by Gasteiger charge is 2.24. The fraction of sp³-hybridized carbons (Fsp3) is 0.389. The lowest BCUT2D eigenvalue weighted by Gasteiger charge is -2.08. The molecular formula is C18H22N2O6S. The maximum Gasteiger partial charge on any atom is 0.307 e. The third-order valence-corrected chi connectivity index (χ3v) is 5.62. The number of nitrogens with zero attached hydrogens (tertiary/aromatic N) is 1. The average molecular weight is 394 g/mol. The van der Waals surface area contributed by atoms with E-state index in [2.05, 4.69) is 9.88 Å². The van der Waals surface area contributed by atoms with E-state index in [1.807, 2.05) is 19.1 Å². The first-order valence-corrected chi connectivity index (χ1v) is 9.78. The Morgan fingerprint density at radius 3 is 2.52 bits per heavy atom. The SMILES string of the molecule is Cc1ccc(C)c(C(=O)COC(=O)CCNS(=O)(=O)c2c(C)noc2C)c1. The van der Waals surface area contributed by atoms with Gasteiger partial charge in [-0.25, -0.2) is 13.1 Å². The fourth-order valence-electron chi connectivity index (χ4n) is 2.55. The van der Waals surface area contributed by atoms with Crippen molar-refractivity contribution in [1.29, 1.82) is 0 Å². The molecule has 0 bridgehead atoms. The monoisotopic (exact) mass is 394 g/mol. The number of carbonyl (C=O) groups is 2. The molecule has 0 fully saturated rings. The van der Waals surface area contributed by atoms with E-state index in [0.29, 0.717) is 5.56 Å². The number of rotatable bonds is 8. The van der Waals surface area contributed by atoms with Gasteiger partial charge >= 0.3 is 5.97 Å². The number of benzene rings is 1. The summed E-state index contributed by atoms with van der Waals surface area (Å²) in [6.45, 7) is 6.12. The van der Waals surface area contributed by atoms with E-state index in [0.717, 1.165) is 11.1 Å². The van der Waals surface area contributed by atoms with Crippen LogP contribution in [0.3, 0.4) is 0 Å². The van der Waals surface area contributed by atoms with Gasteiger partial charge in [0.15, 0.2) is 12.4 Å². The number of esters is 1. The van der Waals surface area contributed by atoms with Crippen LogP contribution in [-0.2, 0) is 19.6 Å². The van der Waals surface area contributed by atoms with Crippen LogP contribution < -0.4 is 4.72 Å². The van der Waals surface area contributed by atoms with Gasteiger partial charge in [0, 0.05) is 12.1 Å². The van der Waals surface area contributed by atoms with Crippen molar-refractivity contribution in [2.24, 2.45) is 0 Å². The summed E-state index contributed by atoms with van der Waals surface area (Å²) in [5, 5.41) is 3.59. The van der Waals surface area contributed by atoms with E-state index in [4.69, 9.17) is 9.26 Å². The Bertz CT molecular complexity index is 943. The number of sulfonamides is 1. The molecule has 1 aromatic carbocycles. The second-order valence-electron chi connectivity index (χ2n) is 6.20. The Morgan fingerprint density at radius 2 is 1.89 bits per heavy atom. The summed E-state index contributed by atoms with van der Waals surface area (Å²) in [6, 6.07) is 5.46. The maximum absolute atomic E-state index is 12.2. The van der Waals surface area contributed by atoms with Crippen molar-refractivity contribution in [1.82, 2.24) is 9.88 Å². The zero-order valence-corrected chi connectivity index (χ0v) is 16.5. The quantitative estimate of drug-likeness (QED) is 0.538. The van der Waals surface area contributed by atoms with Gasteiger partial charge < -0.3 is 9.26 Å². The molecule has 27 heavy (non-hydrogen) atoms. The molecule has 0 aliphatic carbocycles. The number of carbonyl (C=O) groups excluding carboxylic acids is 2. The van der Waals surface area contributed by atoms with Gasteiger partial charge in [0.05, 0.1) is 6.42 Å². The van der Waals surface area contributed by atoms with Gasteiger partial charge in [-0.15, -0.1) is 0 Å². The van der Waals surface area contributed by atoms with Gasteiger partial charge in [-0.1, -0.05) is 22.9 Å². The van der Waals surface area contributed by atoms with Gasteiger partial charge in [0.1, 0.15) is 10.6 Å². The van der Waals surface area contributed by atoms with E-state index in [9.17, 15) is 18.0 Å². The largest absolute Gasteiger partial charge is 0.457 e. The second-order valence-corrected chi connectivity index (χ2v) is 7.91. The molecule has 2 rings (SSSR count). The Hall–Kier alpha value is -2.52. The van der Waals surface area contributed by atoms with Crippen LogP contribution in [0.1, 0.15) is 39.4 Å². The Morgan fingerprint density at radius 1 is 1.19 bits per heavy atom. The number of hydrogen-bond acceptors (Lipinski definition) is 7. The number of aryl methyl sites for hydroxylation is 4. The van der Waals surface area contributed by atoms with Crippen LogP contribution in [0.5, 0.6) is 0 Å². The van der Waals surface area contributed by atoms with E-state index in [1.165, 1.54) is 13.8 Å². The van der Waals surface area contributed by atoms with Crippen LogP contribution in [0.15, 0.2) is 27.6 Å². The first-order chi connectivity index (χ1) is 12.6. The number of ketones is 1. The normalized spacial score (nSPS) is 11.4. The topological polar surface area (TPSA) is 116 Å². The number of hydrogen-bond donors (Lipinski definition) is 1. The van der Waals surface area contributed by atoms with Crippen LogP contribution in [-0.4, -0.2) is 38.5 Å². The average Bonchev–Trinajstić information content (AvgIpc) is 2.94. The van der Waals surface area contributed by atoms with E-state index >= 15 is 0 Å². The smallest absolute Gasteiger partial charge is 0.307 e. The minimum atomic E-state index is -3.84. The Labute approximate surface area is 157 Å². The summed E-state index contributed by atoms with van der Waals surface area (Å²) in [6.07, 6.45) is -0.206. The molecule has 0 unspecified atom stereocenters. The second kappa shape index (κ2) is 8.45. The zero-order valence-electron chi connectivity index (χ0n) is 15.7. The molecule has 0 atom stereocenters. The predicted octanol–water partition coefficient (Wildman–Crippen LogP) is 2.00. The lowest BCUT2D eigenvalue weighted by atomic mass is 10.0. The first kappa shape index (κ1) is 20.8. The van der Waals surface area contributed by atoms with Crippen molar-refractivity contribution in [3.63, 3.8) is 0 Å². The lowest BCUT2D eigenvalue weighted by Crippen LogP contribution is -2.28. The van der Waals surface area contributed by atoms with E-state index in [1.54, 1.807) is 13.0 Å². The molecular weight excluding hydrogens is 372 g/mol. The predicted molar refractivity (Wildman–Crippen MR) is 97.0 cm³/mol. The van der Waals surface area contributed by atoms with Crippen molar-refractivity contribution >= 4 is 21.8 Å². The number of ether oxygens (including phenoxy) is 1. The summed E-state index contributed by atoms with van der Waals surface area (Å²) >= 11 is 0. The summed E-state index contributed by atoms with van der Waals surface area (Å²) in [7, 11) is -3.84.